The van der Waals surface area contributed by atoms with E-state index in [0.717, 1.165) is 5.69 Å². The van der Waals surface area contributed by atoms with Crippen molar-refractivity contribution in [2.75, 3.05) is 19.1 Å². The Hall–Kier alpha value is -2.00. The molecular weight excluding hydrogens is 262 g/mol. The minimum Gasteiger partial charge on any atom is -0.495 e. The van der Waals surface area contributed by atoms with Gasteiger partial charge in [0.15, 0.2) is 0 Å². The summed E-state index contributed by atoms with van der Waals surface area (Å²) in [5.41, 5.74) is 1.36. The number of carbonyl (C=O) groups excluding carboxylic acids is 1. The highest BCUT2D eigenvalue weighted by molar-refractivity contribution is 6.32. The lowest BCUT2D eigenvalue weighted by Crippen LogP contribution is -2.26. The topological polar surface area (TPSA) is 29.5 Å². The maximum absolute atomic E-state index is 12.3. The van der Waals surface area contributed by atoms with Gasteiger partial charge in [0, 0.05) is 18.3 Å². The number of rotatable bonds is 3. The molecule has 0 heterocycles. The van der Waals surface area contributed by atoms with Gasteiger partial charge in [-0.15, -0.1) is 0 Å². The molecule has 3 nitrogen and oxygen atoms in total. The first-order chi connectivity index (χ1) is 9.13. The lowest BCUT2D eigenvalue weighted by atomic mass is 10.2. The molecular formula is C15H14ClNO2. The zero-order chi connectivity index (χ0) is 13.8. The Balaban J connectivity index is 2.27. The van der Waals surface area contributed by atoms with Crippen LogP contribution >= 0.6 is 11.6 Å². The molecule has 0 N–H and O–H groups in total. The number of ether oxygens (including phenoxy) is 1. The third-order valence-electron chi connectivity index (χ3n) is 2.85. The van der Waals surface area contributed by atoms with E-state index in [9.17, 15) is 4.79 Å². The number of halogens is 1. The number of methoxy groups -OCH3 is 1. The number of amides is 1. The van der Waals surface area contributed by atoms with Gasteiger partial charge in [0.1, 0.15) is 5.75 Å². The quantitative estimate of drug-likeness (QED) is 0.856. The SMILES string of the molecule is COc1ccc(C(=O)N(C)c2ccccc2)cc1Cl. The van der Waals surface area contributed by atoms with Gasteiger partial charge in [-0.05, 0) is 30.3 Å². The second-order valence-corrected chi connectivity index (χ2v) is 4.46. The number of hydrogen-bond donors (Lipinski definition) is 0. The fraction of sp³-hybridized carbons (Fsp3) is 0.133. The molecule has 0 saturated heterocycles. The summed E-state index contributed by atoms with van der Waals surface area (Å²) < 4.78 is 5.07. The molecule has 0 saturated carbocycles. The van der Waals surface area contributed by atoms with E-state index in [1.165, 1.54) is 0 Å². The Kier molecular flexibility index (Phi) is 4.07. The average molecular weight is 276 g/mol. The minimum absolute atomic E-state index is 0.115. The van der Waals surface area contributed by atoms with E-state index >= 15 is 0 Å². The Morgan fingerprint density at radius 2 is 1.84 bits per heavy atom. The van der Waals surface area contributed by atoms with Crippen LogP contribution in [0.25, 0.3) is 0 Å². The molecule has 0 aliphatic rings. The zero-order valence-corrected chi connectivity index (χ0v) is 11.5. The molecule has 19 heavy (non-hydrogen) atoms. The van der Waals surface area contributed by atoms with E-state index in [0.29, 0.717) is 16.3 Å². The lowest BCUT2D eigenvalue weighted by molar-refractivity contribution is 0.0993. The van der Waals surface area contributed by atoms with Crippen LogP contribution in [-0.2, 0) is 0 Å². The summed E-state index contributed by atoms with van der Waals surface area (Å²) in [4.78, 5) is 13.9. The monoisotopic (exact) mass is 275 g/mol. The van der Waals surface area contributed by atoms with Crippen molar-refractivity contribution >= 4 is 23.2 Å². The second kappa shape index (κ2) is 5.76. The molecule has 4 heteroatoms. The van der Waals surface area contributed by atoms with Crippen LogP contribution in [-0.4, -0.2) is 20.1 Å². The highest BCUT2D eigenvalue weighted by atomic mass is 35.5. The van der Waals surface area contributed by atoms with Gasteiger partial charge >= 0.3 is 0 Å². The first-order valence-corrected chi connectivity index (χ1v) is 6.18. The molecule has 2 aromatic rings. The lowest BCUT2D eigenvalue weighted by Gasteiger charge is -2.17. The molecule has 0 aliphatic carbocycles. The van der Waals surface area contributed by atoms with Crippen LogP contribution < -0.4 is 9.64 Å². The van der Waals surface area contributed by atoms with Gasteiger partial charge in [0.25, 0.3) is 5.91 Å². The molecule has 0 spiro atoms. The normalized spacial score (nSPS) is 10.1. The van der Waals surface area contributed by atoms with Crippen LogP contribution in [0.3, 0.4) is 0 Å². The zero-order valence-electron chi connectivity index (χ0n) is 10.8. The van der Waals surface area contributed by atoms with Gasteiger partial charge in [-0.3, -0.25) is 4.79 Å². The Labute approximate surface area is 117 Å². The van der Waals surface area contributed by atoms with Gasteiger partial charge in [-0.2, -0.15) is 0 Å². The van der Waals surface area contributed by atoms with Crippen LogP contribution in [0.15, 0.2) is 48.5 Å². The summed E-state index contributed by atoms with van der Waals surface area (Å²) in [5, 5.41) is 0.426. The summed E-state index contributed by atoms with van der Waals surface area (Å²) in [6.45, 7) is 0. The largest absolute Gasteiger partial charge is 0.495 e. The minimum atomic E-state index is -0.115. The van der Waals surface area contributed by atoms with Gasteiger partial charge in [0.2, 0.25) is 0 Å². The fourth-order valence-electron chi connectivity index (χ4n) is 1.76. The molecule has 0 atom stereocenters. The maximum atomic E-state index is 12.3. The molecule has 2 aromatic carbocycles. The van der Waals surface area contributed by atoms with Crippen molar-refractivity contribution in [1.82, 2.24) is 0 Å². The predicted molar refractivity (Wildman–Crippen MR) is 77.2 cm³/mol. The number of benzene rings is 2. The van der Waals surface area contributed by atoms with Crippen molar-refractivity contribution in [3.63, 3.8) is 0 Å². The number of para-hydroxylation sites is 1. The van der Waals surface area contributed by atoms with Crippen LogP contribution in [0.4, 0.5) is 5.69 Å². The number of carbonyl (C=O) groups is 1. The van der Waals surface area contributed by atoms with Crippen molar-refractivity contribution < 1.29 is 9.53 Å². The first kappa shape index (κ1) is 13.4. The molecule has 0 aromatic heterocycles. The van der Waals surface area contributed by atoms with Crippen molar-refractivity contribution in [2.45, 2.75) is 0 Å². The molecule has 98 valence electrons. The third-order valence-corrected chi connectivity index (χ3v) is 3.14. The van der Waals surface area contributed by atoms with Crippen LogP contribution in [0.2, 0.25) is 5.02 Å². The molecule has 2 rings (SSSR count). The smallest absolute Gasteiger partial charge is 0.258 e. The standard InChI is InChI=1S/C15H14ClNO2/c1-17(12-6-4-3-5-7-12)15(18)11-8-9-14(19-2)13(16)10-11/h3-10H,1-2H3. The number of hydrogen-bond acceptors (Lipinski definition) is 2. The summed E-state index contributed by atoms with van der Waals surface area (Å²) in [5.74, 6) is 0.441. The van der Waals surface area contributed by atoms with Gasteiger partial charge in [-0.1, -0.05) is 29.8 Å². The predicted octanol–water partition coefficient (Wildman–Crippen LogP) is 3.63. The summed E-state index contributed by atoms with van der Waals surface area (Å²) in [6, 6.07) is 14.4. The molecule has 0 unspecified atom stereocenters. The first-order valence-electron chi connectivity index (χ1n) is 5.80. The Morgan fingerprint density at radius 1 is 1.16 bits per heavy atom. The van der Waals surface area contributed by atoms with Crippen LogP contribution in [0.5, 0.6) is 5.75 Å². The maximum Gasteiger partial charge on any atom is 0.258 e. The van der Waals surface area contributed by atoms with E-state index in [-0.39, 0.29) is 5.91 Å². The Morgan fingerprint density at radius 3 is 2.42 bits per heavy atom. The molecule has 0 radical (unpaired) electrons. The molecule has 0 fully saturated rings. The van der Waals surface area contributed by atoms with E-state index in [1.807, 2.05) is 30.3 Å². The number of nitrogens with zero attached hydrogens (tertiary/aromatic N) is 1. The number of anilines is 1. The summed E-state index contributed by atoms with van der Waals surface area (Å²) in [6.07, 6.45) is 0. The molecule has 0 aliphatic heterocycles. The molecule has 0 bridgehead atoms. The highest BCUT2D eigenvalue weighted by Gasteiger charge is 2.14. The van der Waals surface area contributed by atoms with Crippen molar-refractivity contribution in [1.29, 1.82) is 0 Å². The van der Waals surface area contributed by atoms with Gasteiger partial charge in [0.05, 0.1) is 12.1 Å². The van der Waals surface area contributed by atoms with E-state index < -0.39 is 0 Å². The second-order valence-electron chi connectivity index (χ2n) is 4.05. The molecule has 1 amide bonds. The van der Waals surface area contributed by atoms with Gasteiger partial charge < -0.3 is 9.64 Å². The Bertz CT molecular complexity index is 584. The van der Waals surface area contributed by atoms with E-state index in [4.69, 9.17) is 16.3 Å². The van der Waals surface area contributed by atoms with E-state index in [1.54, 1.807) is 37.3 Å². The average Bonchev–Trinajstić information content (AvgIpc) is 2.46. The van der Waals surface area contributed by atoms with Crippen molar-refractivity contribution in [2.24, 2.45) is 0 Å². The van der Waals surface area contributed by atoms with E-state index in [2.05, 4.69) is 0 Å². The van der Waals surface area contributed by atoms with Gasteiger partial charge in [-0.25, -0.2) is 0 Å². The summed E-state index contributed by atoms with van der Waals surface area (Å²) >= 11 is 6.03. The fourth-order valence-corrected chi connectivity index (χ4v) is 2.02. The summed E-state index contributed by atoms with van der Waals surface area (Å²) in [7, 11) is 3.27. The third kappa shape index (κ3) is 2.88. The van der Waals surface area contributed by atoms with Crippen molar-refractivity contribution in [3.05, 3.63) is 59.1 Å². The van der Waals surface area contributed by atoms with Crippen LogP contribution in [0, 0.1) is 0 Å². The van der Waals surface area contributed by atoms with Crippen LogP contribution in [0.1, 0.15) is 10.4 Å². The highest BCUT2D eigenvalue weighted by Crippen LogP contribution is 2.26. The van der Waals surface area contributed by atoms with Crippen molar-refractivity contribution in [3.8, 4) is 5.75 Å².